The van der Waals surface area contributed by atoms with Gasteiger partial charge in [0.1, 0.15) is 6.61 Å². The number of aromatic amines is 1. The highest BCUT2D eigenvalue weighted by atomic mass is 19.1. The van der Waals surface area contributed by atoms with E-state index in [1.54, 1.807) is 30.6 Å². The Labute approximate surface area is 164 Å². The van der Waals surface area contributed by atoms with Crippen molar-refractivity contribution >= 4 is 0 Å². The zero-order chi connectivity index (χ0) is 20.4. The molecule has 0 saturated heterocycles. The molecule has 0 spiro atoms. The van der Waals surface area contributed by atoms with Crippen LogP contribution in [-0.2, 0) is 13.2 Å². The van der Waals surface area contributed by atoms with E-state index in [4.69, 9.17) is 4.74 Å². The number of nitrogens with zero attached hydrogens (tertiary/aromatic N) is 4. The molecule has 0 unspecified atom stereocenters. The van der Waals surface area contributed by atoms with Gasteiger partial charge in [0, 0.05) is 11.8 Å². The van der Waals surface area contributed by atoms with Crippen LogP contribution in [0.5, 0.6) is 5.75 Å². The minimum absolute atomic E-state index is 0.0722. The van der Waals surface area contributed by atoms with Crippen LogP contribution in [0, 0.1) is 5.82 Å². The van der Waals surface area contributed by atoms with Gasteiger partial charge in [0.15, 0.2) is 17.4 Å². The van der Waals surface area contributed by atoms with Crippen molar-refractivity contribution in [1.29, 1.82) is 0 Å². The number of halogens is 1. The summed E-state index contributed by atoms with van der Waals surface area (Å²) in [6.45, 7) is -0.350. The van der Waals surface area contributed by atoms with Crippen LogP contribution in [0.15, 0.2) is 59.7 Å². The van der Waals surface area contributed by atoms with Gasteiger partial charge in [0.2, 0.25) is 0 Å². The van der Waals surface area contributed by atoms with Crippen LogP contribution in [0.1, 0.15) is 11.4 Å². The van der Waals surface area contributed by atoms with Crippen molar-refractivity contribution < 1.29 is 14.2 Å². The fraction of sp³-hybridized carbons (Fsp3) is 0.150. The fourth-order valence-corrected chi connectivity index (χ4v) is 3.08. The van der Waals surface area contributed by atoms with Gasteiger partial charge in [-0.15, -0.1) is 5.10 Å². The molecule has 0 aliphatic rings. The first kappa shape index (κ1) is 18.6. The van der Waals surface area contributed by atoms with Gasteiger partial charge >= 0.3 is 5.69 Å². The van der Waals surface area contributed by atoms with Crippen LogP contribution in [0.2, 0.25) is 0 Å². The first-order valence-corrected chi connectivity index (χ1v) is 8.82. The molecular weight excluding hydrogens is 377 g/mol. The average molecular weight is 395 g/mol. The Morgan fingerprint density at radius 1 is 1.17 bits per heavy atom. The number of aliphatic hydroxyl groups excluding tert-OH is 1. The third-order valence-electron chi connectivity index (χ3n) is 4.58. The number of ether oxygens (including phenoxy) is 1. The van der Waals surface area contributed by atoms with Crippen molar-refractivity contribution in [1.82, 2.24) is 24.5 Å². The van der Waals surface area contributed by atoms with Crippen LogP contribution >= 0.6 is 0 Å². The molecule has 8 nitrogen and oxygen atoms in total. The molecule has 2 aromatic heterocycles. The molecule has 0 aliphatic carbocycles. The summed E-state index contributed by atoms with van der Waals surface area (Å²) in [5.41, 5.74) is 2.53. The summed E-state index contributed by atoms with van der Waals surface area (Å²) in [5.74, 6) is -0.215. The Bertz CT molecular complexity index is 1180. The summed E-state index contributed by atoms with van der Waals surface area (Å²) in [6.07, 6.45) is 3.47. The number of hydrogen-bond donors (Lipinski definition) is 2. The van der Waals surface area contributed by atoms with Crippen molar-refractivity contribution in [2.45, 2.75) is 13.2 Å². The molecule has 2 aromatic carbocycles. The maximum Gasteiger partial charge on any atom is 0.351 e. The number of aliphatic hydroxyl groups is 1. The van der Waals surface area contributed by atoms with Gasteiger partial charge in [-0.2, -0.15) is 9.78 Å². The monoisotopic (exact) mass is 395 g/mol. The smallest absolute Gasteiger partial charge is 0.351 e. The molecule has 4 aromatic rings. The summed E-state index contributed by atoms with van der Waals surface area (Å²) in [4.78, 5) is 12.9. The molecule has 148 valence electrons. The summed E-state index contributed by atoms with van der Waals surface area (Å²) >= 11 is 0. The van der Waals surface area contributed by atoms with E-state index < -0.39 is 18.1 Å². The minimum Gasteiger partial charge on any atom is -0.494 e. The lowest BCUT2D eigenvalue weighted by Crippen LogP contribution is -2.25. The molecule has 4 rings (SSSR count). The van der Waals surface area contributed by atoms with Crippen molar-refractivity contribution in [3.63, 3.8) is 0 Å². The lowest BCUT2D eigenvalue weighted by atomic mass is 10.1. The predicted octanol–water partition coefficient (Wildman–Crippen LogP) is 2.11. The van der Waals surface area contributed by atoms with Crippen molar-refractivity contribution in [3.8, 4) is 22.6 Å². The highest BCUT2D eigenvalue weighted by Gasteiger charge is 2.15. The van der Waals surface area contributed by atoms with Crippen molar-refractivity contribution in [3.05, 3.63) is 82.5 Å². The molecule has 0 atom stereocenters. The van der Waals surface area contributed by atoms with E-state index in [2.05, 4.69) is 15.3 Å². The highest BCUT2D eigenvalue weighted by Crippen LogP contribution is 2.20. The van der Waals surface area contributed by atoms with Gasteiger partial charge in [0.25, 0.3) is 0 Å². The van der Waals surface area contributed by atoms with Gasteiger partial charge in [-0.3, -0.25) is 9.67 Å². The van der Waals surface area contributed by atoms with Gasteiger partial charge in [-0.1, -0.05) is 18.2 Å². The van der Waals surface area contributed by atoms with Gasteiger partial charge in [0.05, 0.1) is 25.5 Å². The number of H-pyrrole nitrogens is 1. The molecule has 0 bridgehead atoms. The van der Waals surface area contributed by atoms with Crippen LogP contribution in [-0.4, -0.2) is 36.8 Å². The largest absolute Gasteiger partial charge is 0.494 e. The number of methoxy groups -OCH3 is 1. The van der Waals surface area contributed by atoms with Crippen molar-refractivity contribution in [2.24, 2.45) is 0 Å². The quantitative estimate of drug-likeness (QED) is 0.521. The average Bonchev–Trinajstić information content (AvgIpc) is 3.38. The number of benzene rings is 2. The Hall–Kier alpha value is -3.72. The second-order valence-corrected chi connectivity index (χ2v) is 6.36. The zero-order valence-electron chi connectivity index (χ0n) is 15.5. The van der Waals surface area contributed by atoms with Crippen LogP contribution < -0.4 is 10.4 Å². The molecule has 0 radical (unpaired) electrons. The molecule has 0 fully saturated rings. The Morgan fingerprint density at radius 3 is 2.59 bits per heavy atom. The molecule has 2 heterocycles. The second-order valence-electron chi connectivity index (χ2n) is 6.36. The number of nitrogens with one attached hydrogen (secondary N) is 1. The fourth-order valence-electron chi connectivity index (χ4n) is 3.08. The topological polar surface area (TPSA) is 98.0 Å². The number of rotatable bonds is 6. The number of aromatic nitrogens is 5. The first-order chi connectivity index (χ1) is 14.1. The standard InChI is InChI=1S/C20H18FN5O3/c1-29-18-7-2-13(8-17(18)21)11-25-19(12-27)24-26(20(25)28)16-5-3-14(4-6-16)15-9-22-23-10-15/h2-10,27H,11-12H2,1H3,(H,22,23). The molecule has 2 N–H and O–H groups in total. The lowest BCUT2D eigenvalue weighted by Gasteiger charge is -2.07. The zero-order valence-corrected chi connectivity index (χ0v) is 15.5. The first-order valence-electron chi connectivity index (χ1n) is 8.82. The van der Waals surface area contributed by atoms with E-state index in [9.17, 15) is 14.3 Å². The SMILES string of the molecule is COc1ccc(Cn2c(CO)nn(-c3ccc(-c4cn[nH]c4)cc3)c2=O)cc1F. The third kappa shape index (κ3) is 3.55. The Kier molecular flexibility index (Phi) is 4.96. The second kappa shape index (κ2) is 7.72. The van der Waals surface area contributed by atoms with E-state index in [0.717, 1.165) is 11.1 Å². The molecule has 0 aliphatic heterocycles. The van der Waals surface area contributed by atoms with E-state index >= 15 is 0 Å². The Morgan fingerprint density at radius 2 is 1.97 bits per heavy atom. The van der Waals surface area contributed by atoms with Crippen LogP contribution in [0.4, 0.5) is 4.39 Å². The highest BCUT2D eigenvalue weighted by molar-refractivity contribution is 5.62. The van der Waals surface area contributed by atoms with E-state index in [1.807, 2.05) is 12.1 Å². The maximum atomic E-state index is 14.0. The molecule has 0 saturated carbocycles. The molecular formula is C20H18FN5O3. The van der Waals surface area contributed by atoms with E-state index in [1.165, 1.54) is 28.5 Å². The van der Waals surface area contributed by atoms with Gasteiger partial charge in [-0.25, -0.2) is 9.18 Å². The normalized spacial score (nSPS) is 11.0. The molecule has 9 heteroatoms. The summed E-state index contributed by atoms with van der Waals surface area (Å²) in [5, 5.41) is 20.5. The predicted molar refractivity (Wildman–Crippen MR) is 103 cm³/mol. The van der Waals surface area contributed by atoms with Crippen LogP contribution in [0.25, 0.3) is 16.8 Å². The third-order valence-corrected chi connectivity index (χ3v) is 4.58. The summed E-state index contributed by atoms with van der Waals surface area (Å²) in [6, 6.07) is 11.7. The van der Waals surface area contributed by atoms with E-state index in [-0.39, 0.29) is 18.1 Å². The van der Waals surface area contributed by atoms with Gasteiger partial charge in [-0.05, 0) is 35.4 Å². The number of hydrogen-bond acceptors (Lipinski definition) is 5. The van der Waals surface area contributed by atoms with Crippen molar-refractivity contribution in [2.75, 3.05) is 7.11 Å². The van der Waals surface area contributed by atoms with Crippen LogP contribution in [0.3, 0.4) is 0 Å². The minimum atomic E-state index is -0.522. The van der Waals surface area contributed by atoms with Gasteiger partial charge < -0.3 is 9.84 Å². The molecule has 0 amide bonds. The lowest BCUT2D eigenvalue weighted by molar-refractivity contribution is 0.265. The molecule has 29 heavy (non-hydrogen) atoms. The summed E-state index contributed by atoms with van der Waals surface area (Å²) in [7, 11) is 1.38. The maximum absolute atomic E-state index is 14.0. The summed E-state index contributed by atoms with van der Waals surface area (Å²) < 4.78 is 21.4. The Balaban J connectivity index is 1.67. The van der Waals surface area contributed by atoms with E-state index in [0.29, 0.717) is 11.3 Å².